The minimum Gasteiger partial charge on any atom is -0.306 e. The summed E-state index contributed by atoms with van der Waals surface area (Å²) in [4.78, 5) is 2.41. The molecule has 0 amide bonds. The molecule has 0 spiro atoms. The van der Waals surface area contributed by atoms with E-state index in [0.29, 0.717) is 6.04 Å². The van der Waals surface area contributed by atoms with Gasteiger partial charge in [-0.2, -0.15) is 0 Å². The Balaban J connectivity index is 0.000000193. The SMILES string of the molecule is C[C@H](C1CCCC1P(c1ccccc1)c1ccccc1)N(C)C.[Fe].c1ccc(P(c2ccccc2)C2CCCC2)cc1. The van der Waals surface area contributed by atoms with Crippen molar-refractivity contribution < 1.29 is 17.1 Å². The fourth-order valence-corrected chi connectivity index (χ4v) is 13.1. The van der Waals surface area contributed by atoms with E-state index < -0.39 is 0 Å². The number of benzene rings is 4. The van der Waals surface area contributed by atoms with Crippen LogP contribution in [0.4, 0.5) is 0 Å². The van der Waals surface area contributed by atoms with E-state index in [1.54, 1.807) is 10.6 Å². The average Bonchev–Trinajstić information content (AvgIpc) is 3.73. The third kappa shape index (κ3) is 8.44. The van der Waals surface area contributed by atoms with E-state index in [0.717, 1.165) is 17.2 Å². The molecule has 4 aromatic carbocycles. The summed E-state index contributed by atoms with van der Waals surface area (Å²) in [6.45, 7) is 2.41. The summed E-state index contributed by atoms with van der Waals surface area (Å²) in [7, 11) is 4.03. The molecule has 2 fully saturated rings. The van der Waals surface area contributed by atoms with Gasteiger partial charge in [0.15, 0.2) is 0 Å². The predicted molar refractivity (Wildman–Crippen MR) is 185 cm³/mol. The van der Waals surface area contributed by atoms with Crippen molar-refractivity contribution in [3.63, 3.8) is 0 Å². The van der Waals surface area contributed by atoms with E-state index in [1.807, 2.05) is 0 Å². The second kappa shape index (κ2) is 16.9. The van der Waals surface area contributed by atoms with Crippen LogP contribution in [0.2, 0.25) is 0 Å². The summed E-state index contributed by atoms with van der Waals surface area (Å²) in [5, 5.41) is 6.17. The summed E-state index contributed by atoms with van der Waals surface area (Å²) in [5.74, 6) is 0.802. The van der Waals surface area contributed by atoms with Crippen LogP contribution in [0.15, 0.2) is 121 Å². The molecule has 0 radical (unpaired) electrons. The van der Waals surface area contributed by atoms with Crippen LogP contribution in [0.25, 0.3) is 0 Å². The summed E-state index contributed by atoms with van der Waals surface area (Å²) in [5.41, 5.74) is 1.69. The fraction of sp³-hybridized carbons (Fsp3) is 0.368. The molecule has 2 aliphatic carbocycles. The first kappa shape index (κ1) is 33.1. The van der Waals surface area contributed by atoms with Gasteiger partial charge < -0.3 is 4.90 Å². The Hall–Kier alpha value is -1.78. The summed E-state index contributed by atoms with van der Waals surface area (Å²) in [6.07, 6.45) is 9.80. The molecule has 0 heterocycles. The summed E-state index contributed by atoms with van der Waals surface area (Å²) >= 11 is 0. The Morgan fingerprint density at radius 2 is 0.905 bits per heavy atom. The molecule has 0 N–H and O–H groups in total. The van der Waals surface area contributed by atoms with Gasteiger partial charge in [0.2, 0.25) is 0 Å². The molecule has 0 aromatic heterocycles. The first-order valence-corrected chi connectivity index (χ1v) is 18.4. The maximum absolute atomic E-state index is 2.41. The zero-order valence-corrected chi connectivity index (χ0v) is 28.4. The Labute approximate surface area is 268 Å². The molecular formula is C38H47FeNP2. The van der Waals surface area contributed by atoms with E-state index in [9.17, 15) is 0 Å². The van der Waals surface area contributed by atoms with Gasteiger partial charge in [0, 0.05) is 23.1 Å². The smallest absolute Gasteiger partial charge is 0.00953 e. The maximum Gasteiger partial charge on any atom is 0.00953 e. The normalized spacial score (nSPS) is 19.4. The third-order valence-electron chi connectivity index (χ3n) is 9.12. The Kier molecular flexibility index (Phi) is 13.3. The largest absolute Gasteiger partial charge is 0.306 e. The number of nitrogens with zero attached hydrogens (tertiary/aromatic N) is 1. The summed E-state index contributed by atoms with van der Waals surface area (Å²) < 4.78 is 0. The maximum atomic E-state index is 2.41. The minimum atomic E-state index is -0.275. The molecular weight excluding hydrogens is 588 g/mol. The zero-order chi connectivity index (χ0) is 28.4. The third-order valence-corrected chi connectivity index (χ3v) is 15.1. The van der Waals surface area contributed by atoms with Crippen LogP contribution in [0.5, 0.6) is 0 Å². The van der Waals surface area contributed by atoms with Crippen LogP contribution in [-0.4, -0.2) is 36.4 Å². The van der Waals surface area contributed by atoms with Gasteiger partial charge in [-0.1, -0.05) is 141 Å². The number of hydrogen-bond donors (Lipinski definition) is 0. The second-order valence-corrected chi connectivity index (χ2v) is 16.8. The van der Waals surface area contributed by atoms with Crippen LogP contribution >= 0.6 is 15.8 Å². The van der Waals surface area contributed by atoms with Gasteiger partial charge in [-0.25, -0.2) is 0 Å². The van der Waals surface area contributed by atoms with Gasteiger partial charge in [-0.05, 0) is 101 Å². The molecule has 1 nitrogen and oxygen atoms in total. The molecule has 2 saturated carbocycles. The van der Waals surface area contributed by atoms with Gasteiger partial charge in [-0.3, -0.25) is 0 Å². The fourth-order valence-electron chi connectivity index (χ4n) is 6.85. The van der Waals surface area contributed by atoms with Gasteiger partial charge in [0.25, 0.3) is 0 Å². The molecule has 0 bridgehead atoms. The molecule has 6 rings (SSSR count). The minimum absolute atomic E-state index is 0. The van der Waals surface area contributed by atoms with Crippen LogP contribution in [0, 0.1) is 5.92 Å². The average molecular weight is 636 g/mol. The first-order chi connectivity index (χ1) is 20.1. The molecule has 42 heavy (non-hydrogen) atoms. The van der Waals surface area contributed by atoms with Crippen molar-refractivity contribution >= 4 is 37.1 Å². The van der Waals surface area contributed by atoms with Crippen molar-refractivity contribution in [3.05, 3.63) is 121 Å². The molecule has 3 atom stereocenters. The molecule has 2 aliphatic rings. The van der Waals surface area contributed by atoms with E-state index in [4.69, 9.17) is 0 Å². The van der Waals surface area contributed by atoms with Crippen LogP contribution < -0.4 is 21.2 Å². The topological polar surface area (TPSA) is 3.24 Å². The Bertz CT molecular complexity index is 1200. The monoisotopic (exact) mass is 635 g/mol. The van der Waals surface area contributed by atoms with Gasteiger partial charge in [0.1, 0.15) is 0 Å². The molecule has 0 saturated heterocycles. The summed E-state index contributed by atoms with van der Waals surface area (Å²) in [6, 6.07) is 45.3. The zero-order valence-electron chi connectivity index (χ0n) is 25.5. The molecule has 4 aromatic rings. The van der Waals surface area contributed by atoms with Crippen LogP contribution in [-0.2, 0) is 17.1 Å². The van der Waals surface area contributed by atoms with Crippen molar-refractivity contribution in [2.24, 2.45) is 5.92 Å². The number of hydrogen-bond acceptors (Lipinski definition) is 1. The quantitative estimate of drug-likeness (QED) is 0.139. The van der Waals surface area contributed by atoms with Gasteiger partial charge >= 0.3 is 0 Å². The molecule has 4 heteroatoms. The molecule has 222 valence electrons. The standard InChI is InChI=1S/C21H28NP.C17H19P.Fe/c1-17(22(2)3)20-15-10-16-21(20)23(18-11-6-4-7-12-18)19-13-8-5-9-14-19;1-3-9-15(10-4-1)18(17-13-7-8-14-17)16-11-5-2-6-12-16;/h4-9,11-14,17,20-21H,10,15-16H2,1-3H3;1-6,9-12,17H,7-8,13-14H2;/t17-,20?,21?;;/m1../s1. The van der Waals surface area contributed by atoms with Crippen LogP contribution in [0.3, 0.4) is 0 Å². The first-order valence-electron chi connectivity index (χ1n) is 15.6. The van der Waals surface area contributed by atoms with E-state index in [1.165, 1.54) is 55.6 Å². The van der Waals surface area contributed by atoms with E-state index in [-0.39, 0.29) is 32.9 Å². The van der Waals surface area contributed by atoms with Gasteiger partial charge in [-0.15, -0.1) is 0 Å². The Morgan fingerprint density at radius 1 is 0.524 bits per heavy atom. The van der Waals surface area contributed by atoms with Crippen LogP contribution in [0.1, 0.15) is 51.9 Å². The molecule has 2 unspecified atom stereocenters. The van der Waals surface area contributed by atoms with Crippen molar-refractivity contribution in [3.8, 4) is 0 Å². The number of rotatable bonds is 8. The second-order valence-electron chi connectivity index (χ2n) is 11.9. The Morgan fingerprint density at radius 3 is 1.29 bits per heavy atom. The van der Waals surface area contributed by atoms with E-state index in [2.05, 4.69) is 147 Å². The predicted octanol–water partition coefficient (Wildman–Crippen LogP) is 8.30. The van der Waals surface area contributed by atoms with E-state index >= 15 is 0 Å². The van der Waals surface area contributed by atoms with Crippen molar-refractivity contribution in [2.75, 3.05) is 14.1 Å². The molecule has 0 aliphatic heterocycles. The van der Waals surface area contributed by atoms with Crippen molar-refractivity contribution in [1.82, 2.24) is 4.90 Å². The van der Waals surface area contributed by atoms with Crippen molar-refractivity contribution in [1.29, 1.82) is 0 Å². The van der Waals surface area contributed by atoms with Crippen molar-refractivity contribution in [2.45, 2.75) is 69.2 Å². The van der Waals surface area contributed by atoms with Gasteiger partial charge in [0.05, 0.1) is 0 Å².